The second kappa shape index (κ2) is 13.1. The highest BCUT2D eigenvalue weighted by atomic mass is 16.6. The summed E-state index contributed by atoms with van der Waals surface area (Å²) in [5.74, 6) is 0.844. The number of alkyl carbamates (subject to hydrolysis) is 1. The maximum absolute atomic E-state index is 13.1. The number of hydrogen-bond donors (Lipinski definition) is 2. The van der Waals surface area contributed by atoms with Crippen molar-refractivity contribution in [2.24, 2.45) is 0 Å². The predicted octanol–water partition coefficient (Wildman–Crippen LogP) is 2.15. The lowest BCUT2D eigenvalue weighted by molar-refractivity contribution is -0.143. The van der Waals surface area contributed by atoms with E-state index in [1.54, 1.807) is 45.0 Å². The van der Waals surface area contributed by atoms with Crippen molar-refractivity contribution >= 4 is 23.9 Å². The van der Waals surface area contributed by atoms with E-state index in [4.69, 9.17) is 11.2 Å². The first-order valence-corrected chi connectivity index (χ1v) is 10.7. The van der Waals surface area contributed by atoms with Crippen molar-refractivity contribution in [3.8, 4) is 12.3 Å². The van der Waals surface area contributed by atoms with Crippen LogP contribution in [0.15, 0.2) is 24.3 Å². The summed E-state index contributed by atoms with van der Waals surface area (Å²) in [5, 5.41) is 4.94. The number of terminal acetylenes is 1. The highest BCUT2D eigenvalue weighted by Crippen LogP contribution is 2.23. The Kier molecular flexibility index (Phi) is 10.9. The van der Waals surface area contributed by atoms with Crippen LogP contribution in [0.1, 0.15) is 57.7 Å². The Labute approximate surface area is 195 Å². The van der Waals surface area contributed by atoms with Gasteiger partial charge in [0, 0.05) is 12.1 Å². The highest BCUT2D eigenvalue weighted by Gasteiger charge is 2.31. The second-order valence-corrected chi connectivity index (χ2v) is 8.26. The van der Waals surface area contributed by atoms with Gasteiger partial charge in [-0.3, -0.25) is 14.4 Å². The summed E-state index contributed by atoms with van der Waals surface area (Å²) < 4.78 is 9.75. The fraction of sp³-hybridized carbons (Fsp3) is 0.500. The van der Waals surface area contributed by atoms with Gasteiger partial charge in [-0.15, -0.1) is 6.42 Å². The molecule has 0 spiro atoms. The third-order valence-corrected chi connectivity index (χ3v) is 4.44. The van der Waals surface area contributed by atoms with Gasteiger partial charge in [-0.25, -0.2) is 4.79 Å². The first-order valence-electron chi connectivity index (χ1n) is 10.7. The zero-order valence-electron chi connectivity index (χ0n) is 19.9. The molecule has 0 radical (unpaired) electrons. The number of nitrogens with zero attached hydrogens (tertiary/aromatic N) is 1. The minimum absolute atomic E-state index is 0.262. The molecule has 0 saturated heterocycles. The molecule has 1 atom stereocenters. The Hall–Kier alpha value is -3.54. The Morgan fingerprint density at radius 3 is 2.24 bits per heavy atom. The average molecular weight is 460 g/mol. The Bertz CT molecular complexity index is 868. The number of benzene rings is 1. The molecule has 33 heavy (non-hydrogen) atoms. The molecule has 9 nitrogen and oxygen atoms in total. The number of methoxy groups -OCH3 is 1. The Morgan fingerprint density at radius 2 is 1.73 bits per heavy atom. The van der Waals surface area contributed by atoms with Gasteiger partial charge in [-0.1, -0.05) is 31.4 Å². The maximum Gasteiger partial charge on any atom is 0.408 e. The number of hydrogen-bond acceptors (Lipinski definition) is 6. The summed E-state index contributed by atoms with van der Waals surface area (Å²) in [7, 11) is 1.21. The van der Waals surface area contributed by atoms with Gasteiger partial charge in [0.1, 0.15) is 24.7 Å². The molecule has 1 aromatic carbocycles. The molecule has 1 rings (SSSR count). The zero-order chi connectivity index (χ0) is 25.0. The summed E-state index contributed by atoms with van der Waals surface area (Å²) >= 11 is 0. The molecule has 1 aromatic rings. The van der Waals surface area contributed by atoms with Crippen molar-refractivity contribution in [3.05, 3.63) is 35.4 Å². The van der Waals surface area contributed by atoms with Gasteiger partial charge in [-0.05, 0) is 44.9 Å². The van der Waals surface area contributed by atoms with E-state index in [9.17, 15) is 19.2 Å². The molecule has 0 fully saturated rings. The van der Waals surface area contributed by atoms with Gasteiger partial charge in [0.05, 0.1) is 7.11 Å². The van der Waals surface area contributed by atoms with Gasteiger partial charge in [-0.2, -0.15) is 0 Å². The molecule has 0 aliphatic carbocycles. The van der Waals surface area contributed by atoms with Crippen LogP contribution >= 0.6 is 0 Å². The number of carbonyl (C=O) groups excluding carboxylic acids is 4. The van der Waals surface area contributed by atoms with E-state index in [2.05, 4.69) is 21.3 Å². The lowest BCUT2D eigenvalue weighted by Gasteiger charge is -2.31. The molecule has 180 valence electrons. The van der Waals surface area contributed by atoms with Crippen LogP contribution < -0.4 is 10.6 Å². The Balaban J connectivity index is 3.19. The summed E-state index contributed by atoms with van der Waals surface area (Å²) in [4.78, 5) is 51.1. The molecule has 9 heteroatoms. The Morgan fingerprint density at radius 1 is 1.09 bits per heavy atom. The topological polar surface area (TPSA) is 114 Å². The van der Waals surface area contributed by atoms with E-state index in [1.165, 1.54) is 12.0 Å². The lowest BCUT2D eigenvalue weighted by Crippen LogP contribution is -2.48. The number of rotatable bonds is 10. The maximum atomic E-state index is 13.1. The fourth-order valence-electron chi connectivity index (χ4n) is 2.85. The number of nitrogens with one attached hydrogen (secondary N) is 2. The standard InChI is InChI=1S/C24H33N3O6/c1-7-9-14-27(19(28)15-26-23(31)33-24(3,4)5)21(22(30)25-16-20(29)32-6)18-12-10-17(8-2)11-13-18/h2,10-13,21H,7,9,14-16H2,1,3-6H3,(H,25,30)(H,26,31). The minimum Gasteiger partial charge on any atom is -0.468 e. The normalized spacial score (nSPS) is 11.5. The van der Waals surface area contributed by atoms with Crippen molar-refractivity contribution in [3.63, 3.8) is 0 Å². The van der Waals surface area contributed by atoms with Crippen molar-refractivity contribution in [1.82, 2.24) is 15.5 Å². The summed E-state index contributed by atoms with van der Waals surface area (Å²) in [6.07, 6.45) is 6.08. The quantitative estimate of drug-likeness (QED) is 0.409. The average Bonchev–Trinajstić information content (AvgIpc) is 2.77. The minimum atomic E-state index is -1.04. The molecule has 0 aliphatic rings. The van der Waals surface area contributed by atoms with Crippen LogP contribution in [-0.4, -0.2) is 61.1 Å². The van der Waals surface area contributed by atoms with Crippen LogP contribution in [0.5, 0.6) is 0 Å². The molecular formula is C24H33N3O6. The van der Waals surface area contributed by atoms with Crippen molar-refractivity contribution in [2.75, 3.05) is 26.7 Å². The van der Waals surface area contributed by atoms with E-state index in [0.29, 0.717) is 17.5 Å². The number of carbonyl (C=O) groups is 4. The van der Waals surface area contributed by atoms with Gasteiger partial charge in [0.2, 0.25) is 11.8 Å². The first kappa shape index (κ1) is 27.5. The number of esters is 1. The van der Waals surface area contributed by atoms with Crippen LogP contribution in [-0.2, 0) is 23.9 Å². The number of ether oxygens (including phenoxy) is 2. The molecule has 0 bridgehead atoms. The van der Waals surface area contributed by atoms with Crippen LogP contribution in [0.4, 0.5) is 4.79 Å². The van der Waals surface area contributed by atoms with Crippen LogP contribution in [0.2, 0.25) is 0 Å². The first-order chi connectivity index (χ1) is 15.5. The lowest BCUT2D eigenvalue weighted by atomic mass is 10.0. The third-order valence-electron chi connectivity index (χ3n) is 4.44. The van der Waals surface area contributed by atoms with Crippen molar-refractivity contribution in [2.45, 2.75) is 52.2 Å². The second-order valence-electron chi connectivity index (χ2n) is 8.26. The van der Waals surface area contributed by atoms with Crippen molar-refractivity contribution in [1.29, 1.82) is 0 Å². The molecular weight excluding hydrogens is 426 g/mol. The molecule has 0 aromatic heterocycles. The van der Waals surface area contributed by atoms with E-state index in [1.807, 2.05) is 6.92 Å². The van der Waals surface area contributed by atoms with E-state index < -0.39 is 35.5 Å². The summed E-state index contributed by atoms with van der Waals surface area (Å²) in [6, 6.07) is 5.60. The van der Waals surface area contributed by atoms with Gasteiger partial charge < -0.3 is 25.0 Å². The molecule has 3 amide bonds. The SMILES string of the molecule is C#Cc1ccc(C(C(=O)NCC(=O)OC)N(CCCC)C(=O)CNC(=O)OC(C)(C)C)cc1. The van der Waals surface area contributed by atoms with Gasteiger partial charge in [0.25, 0.3) is 0 Å². The van der Waals surface area contributed by atoms with E-state index >= 15 is 0 Å². The molecule has 2 N–H and O–H groups in total. The highest BCUT2D eigenvalue weighted by molar-refractivity contribution is 5.91. The molecule has 0 heterocycles. The molecule has 1 unspecified atom stereocenters. The number of amides is 3. The third kappa shape index (κ3) is 9.64. The van der Waals surface area contributed by atoms with E-state index in [0.717, 1.165) is 6.42 Å². The van der Waals surface area contributed by atoms with Crippen LogP contribution in [0.25, 0.3) is 0 Å². The van der Waals surface area contributed by atoms with E-state index in [-0.39, 0.29) is 19.6 Å². The van der Waals surface area contributed by atoms with Gasteiger partial charge >= 0.3 is 12.1 Å². The summed E-state index contributed by atoms with van der Waals surface area (Å²) in [5.41, 5.74) is 0.410. The van der Waals surface area contributed by atoms with Crippen LogP contribution in [0, 0.1) is 12.3 Å². The predicted molar refractivity (Wildman–Crippen MR) is 123 cm³/mol. The largest absolute Gasteiger partial charge is 0.468 e. The van der Waals surface area contributed by atoms with Crippen LogP contribution in [0.3, 0.4) is 0 Å². The van der Waals surface area contributed by atoms with Gasteiger partial charge in [0.15, 0.2) is 0 Å². The van der Waals surface area contributed by atoms with Crippen molar-refractivity contribution < 1.29 is 28.7 Å². The zero-order valence-corrected chi connectivity index (χ0v) is 19.9. The smallest absolute Gasteiger partial charge is 0.408 e. The summed E-state index contributed by atoms with van der Waals surface area (Å²) in [6.45, 7) is 6.65. The fourth-order valence-corrected chi connectivity index (χ4v) is 2.85. The molecule has 0 aliphatic heterocycles. The monoisotopic (exact) mass is 459 g/mol. The molecule has 0 saturated carbocycles. The number of unbranched alkanes of at least 4 members (excludes halogenated alkanes) is 1.